The summed E-state index contributed by atoms with van der Waals surface area (Å²) in [5.41, 5.74) is 0.979. The van der Waals surface area contributed by atoms with Gasteiger partial charge >= 0.3 is 5.97 Å². The van der Waals surface area contributed by atoms with Crippen molar-refractivity contribution in [2.24, 2.45) is 0 Å². The van der Waals surface area contributed by atoms with Gasteiger partial charge in [0.1, 0.15) is 5.75 Å². The van der Waals surface area contributed by atoms with E-state index in [0.29, 0.717) is 32.2 Å². The molecule has 1 fully saturated rings. The van der Waals surface area contributed by atoms with Crippen LogP contribution in [0.4, 0.5) is 0 Å². The number of methoxy groups -OCH3 is 1. The zero-order valence-electron chi connectivity index (χ0n) is 17.5. The summed E-state index contributed by atoms with van der Waals surface area (Å²) in [4.78, 5) is 24.8. The molecule has 0 aromatic heterocycles. The highest BCUT2D eigenvalue weighted by atomic mass is 16.5. The SMILES string of the molecule is COc1cccc(CC(O)/C=C/[C@H]2CCCCC(=O)N2CC#CCCCC(=O)O)c1. The molecule has 1 unspecified atom stereocenters. The van der Waals surface area contributed by atoms with E-state index in [0.717, 1.165) is 30.6 Å². The molecule has 1 heterocycles. The maximum atomic E-state index is 12.5. The third-order valence-electron chi connectivity index (χ3n) is 5.06. The maximum Gasteiger partial charge on any atom is 0.303 e. The number of nitrogens with zero attached hydrogens (tertiary/aromatic N) is 1. The fraction of sp³-hybridized carbons (Fsp3) is 0.500. The number of unbranched alkanes of at least 4 members (excludes halogenated alkanes) is 1. The Morgan fingerprint density at radius 1 is 1.37 bits per heavy atom. The lowest BCUT2D eigenvalue weighted by Crippen LogP contribution is -2.38. The predicted octanol–water partition coefficient (Wildman–Crippen LogP) is 3.18. The van der Waals surface area contributed by atoms with Crippen molar-refractivity contribution >= 4 is 11.9 Å². The third kappa shape index (κ3) is 8.30. The molecule has 1 aromatic carbocycles. The van der Waals surface area contributed by atoms with Crippen molar-refractivity contribution in [3.05, 3.63) is 42.0 Å². The number of carboxylic acid groups (broad SMARTS) is 1. The van der Waals surface area contributed by atoms with Gasteiger partial charge in [-0.1, -0.05) is 36.6 Å². The normalized spacial score (nSPS) is 17.9. The van der Waals surface area contributed by atoms with Crippen LogP contribution in [0.15, 0.2) is 36.4 Å². The zero-order valence-corrected chi connectivity index (χ0v) is 17.5. The molecule has 2 N–H and O–H groups in total. The largest absolute Gasteiger partial charge is 0.497 e. The van der Waals surface area contributed by atoms with Gasteiger partial charge in [-0.25, -0.2) is 0 Å². The molecule has 1 aliphatic heterocycles. The van der Waals surface area contributed by atoms with E-state index in [1.165, 1.54) is 0 Å². The summed E-state index contributed by atoms with van der Waals surface area (Å²) in [7, 11) is 1.61. The van der Waals surface area contributed by atoms with Crippen LogP contribution in [0.1, 0.15) is 50.5 Å². The summed E-state index contributed by atoms with van der Waals surface area (Å²) in [5, 5.41) is 19.1. The molecule has 1 amide bonds. The monoisotopic (exact) mass is 413 g/mol. The molecule has 0 spiro atoms. The van der Waals surface area contributed by atoms with Gasteiger partial charge in [-0.2, -0.15) is 0 Å². The highest BCUT2D eigenvalue weighted by Crippen LogP contribution is 2.19. The van der Waals surface area contributed by atoms with E-state index in [1.54, 1.807) is 18.1 Å². The zero-order chi connectivity index (χ0) is 21.8. The first kappa shape index (κ1) is 23.5. The number of carbonyl (C=O) groups is 2. The number of hydrogen-bond donors (Lipinski definition) is 2. The number of rotatable bonds is 9. The van der Waals surface area contributed by atoms with Crippen molar-refractivity contribution in [1.29, 1.82) is 0 Å². The van der Waals surface area contributed by atoms with Gasteiger partial charge in [-0.15, -0.1) is 5.92 Å². The lowest BCUT2D eigenvalue weighted by Gasteiger charge is -2.26. The highest BCUT2D eigenvalue weighted by molar-refractivity contribution is 5.77. The lowest BCUT2D eigenvalue weighted by molar-refractivity contribution is -0.137. The Bertz CT molecular complexity index is 792. The summed E-state index contributed by atoms with van der Waals surface area (Å²) < 4.78 is 5.22. The second kappa shape index (κ2) is 12.7. The van der Waals surface area contributed by atoms with Crippen molar-refractivity contribution in [2.75, 3.05) is 13.7 Å². The van der Waals surface area contributed by atoms with Crippen molar-refractivity contribution in [3.63, 3.8) is 0 Å². The Kier molecular flexibility index (Phi) is 9.96. The standard InChI is InChI=1S/C24H31NO5/c1-30-22-11-8-9-19(18-22)17-21(26)15-14-20-10-5-6-12-23(27)25(20)16-7-3-2-4-13-24(28)29/h8-9,11,14-15,18,20-21,26H,2,4-6,10,12-13,16-17H2,1H3,(H,28,29)/b15-14+/t20-,21?/m1/s1. The smallest absolute Gasteiger partial charge is 0.303 e. The number of benzene rings is 1. The molecule has 1 saturated heterocycles. The van der Waals surface area contributed by atoms with Gasteiger partial charge in [0.05, 0.1) is 25.8 Å². The average Bonchev–Trinajstić information content (AvgIpc) is 2.90. The molecule has 6 heteroatoms. The second-order valence-electron chi connectivity index (χ2n) is 7.44. The van der Waals surface area contributed by atoms with Crippen LogP contribution in [0.2, 0.25) is 0 Å². The maximum absolute atomic E-state index is 12.5. The van der Waals surface area contributed by atoms with E-state index < -0.39 is 12.1 Å². The molecule has 0 saturated carbocycles. The molecule has 1 aromatic rings. The number of aliphatic hydroxyl groups is 1. The van der Waals surface area contributed by atoms with Gasteiger partial charge in [0.2, 0.25) is 5.91 Å². The summed E-state index contributed by atoms with van der Waals surface area (Å²) in [6.07, 6.45) is 7.78. The molecule has 2 atom stereocenters. The number of aliphatic hydroxyl groups excluding tert-OH is 1. The van der Waals surface area contributed by atoms with Crippen LogP contribution >= 0.6 is 0 Å². The van der Waals surface area contributed by atoms with Gasteiger partial charge in [0.25, 0.3) is 0 Å². The minimum atomic E-state index is -0.822. The number of likely N-dealkylation sites (tertiary alicyclic amines) is 1. The van der Waals surface area contributed by atoms with E-state index in [-0.39, 0.29) is 18.4 Å². The first-order valence-corrected chi connectivity index (χ1v) is 10.5. The van der Waals surface area contributed by atoms with Crippen LogP contribution in [-0.4, -0.2) is 52.8 Å². The van der Waals surface area contributed by atoms with E-state index in [1.807, 2.05) is 30.3 Å². The molecule has 0 radical (unpaired) electrons. The van der Waals surface area contributed by atoms with Crippen molar-refractivity contribution in [3.8, 4) is 17.6 Å². The van der Waals surface area contributed by atoms with Crippen LogP contribution in [0, 0.1) is 11.8 Å². The Labute approximate surface area is 178 Å². The molecule has 1 aliphatic rings. The third-order valence-corrected chi connectivity index (χ3v) is 5.06. The van der Waals surface area contributed by atoms with Crippen molar-refractivity contribution in [2.45, 2.75) is 63.5 Å². The van der Waals surface area contributed by atoms with E-state index in [9.17, 15) is 14.7 Å². The van der Waals surface area contributed by atoms with Gasteiger partial charge in [-0.3, -0.25) is 9.59 Å². The molecule has 2 rings (SSSR count). The number of amides is 1. The molecule has 0 aliphatic carbocycles. The fourth-order valence-corrected chi connectivity index (χ4v) is 3.44. The average molecular weight is 414 g/mol. The van der Waals surface area contributed by atoms with Crippen LogP contribution in [0.5, 0.6) is 5.75 Å². The summed E-state index contributed by atoms with van der Waals surface area (Å²) in [6, 6.07) is 7.52. The first-order chi connectivity index (χ1) is 14.5. The number of carboxylic acids is 1. The van der Waals surface area contributed by atoms with Gasteiger partial charge in [-0.05, 0) is 37.0 Å². The van der Waals surface area contributed by atoms with Crippen LogP contribution in [0.25, 0.3) is 0 Å². The predicted molar refractivity (Wildman–Crippen MR) is 115 cm³/mol. The molecule has 6 nitrogen and oxygen atoms in total. The minimum absolute atomic E-state index is 0.0734. The van der Waals surface area contributed by atoms with Gasteiger partial charge < -0.3 is 19.8 Å². The lowest BCUT2D eigenvalue weighted by atomic mass is 10.0. The Balaban J connectivity index is 1.96. The topological polar surface area (TPSA) is 87.1 Å². The van der Waals surface area contributed by atoms with E-state index in [4.69, 9.17) is 9.84 Å². The van der Waals surface area contributed by atoms with Crippen LogP contribution in [0.3, 0.4) is 0 Å². The second-order valence-corrected chi connectivity index (χ2v) is 7.44. The number of aliphatic carboxylic acids is 1. The number of ether oxygens (including phenoxy) is 1. The molecule has 162 valence electrons. The molecular formula is C24H31NO5. The van der Waals surface area contributed by atoms with E-state index in [2.05, 4.69) is 11.8 Å². The van der Waals surface area contributed by atoms with E-state index >= 15 is 0 Å². The summed E-state index contributed by atoms with van der Waals surface area (Å²) in [6.45, 7) is 0.326. The first-order valence-electron chi connectivity index (χ1n) is 10.5. The minimum Gasteiger partial charge on any atom is -0.497 e. The quantitative estimate of drug-likeness (QED) is 0.369. The number of carbonyl (C=O) groups excluding carboxylic acids is 1. The van der Waals surface area contributed by atoms with Gasteiger partial charge in [0.15, 0.2) is 0 Å². The Morgan fingerprint density at radius 2 is 2.20 bits per heavy atom. The molecule has 30 heavy (non-hydrogen) atoms. The summed E-state index contributed by atoms with van der Waals surface area (Å²) in [5.74, 6) is 5.98. The fourth-order valence-electron chi connectivity index (χ4n) is 3.44. The van der Waals surface area contributed by atoms with Gasteiger partial charge in [0, 0.05) is 25.7 Å². The van der Waals surface area contributed by atoms with Crippen LogP contribution < -0.4 is 4.74 Å². The Morgan fingerprint density at radius 3 is 2.97 bits per heavy atom. The highest BCUT2D eigenvalue weighted by Gasteiger charge is 2.23. The Hall–Kier alpha value is -2.78. The molecule has 0 bridgehead atoms. The summed E-state index contributed by atoms with van der Waals surface area (Å²) >= 11 is 0. The number of hydrogen-bond acceptors (Lipinski definition) is 4. The van der Waals surface area contributed by atoms with Crippen LogP contribution in [-0.2, 0) is 16.0 Å². The van der Waals surface area contributed by atoms with Crippen molar-refractivity contribution in [1.82, 2.24) is 4.90 Å². The molecular weight excluding hydrogens is 382 g/mol. The van der Waals surface area contributed by atoms with Crippen molar-refractivity contribution < 1.29 is 24.5 Å².